The van der Waals surface area contributed by atoms with Gasteiger partial charge in [0.15, 0.2) is 5.69 Å². The standard InChI is InChI=1S/C13H16N4O.ClH/c18-13(15-9-4-3-7-14-8-9)12-10-5-1-2-6-11(10)16-17-12;/h1-2,5-6,9,14H,3-4,7-8H2,(H,15,18)(H,16,17);1H. The Balaban J connectivity index is 0.00000133. The molecule has 0 aliphatic carbocycles. The molecule has 2 aromatic rings. The van der Waals surface area contributed by atoms with E-state index in [0.717, 1.165) is 36.8 Å². The summed E-state index contributed by atoms with van der Waals surface area (Å²) in [5.74, 6) is -0.0962. The summed E-state index contributed by atoms with van der Waals surface area (Å²) in [6.45, 7) is 1.88. The third kappa shape index (κ3) is 2.88. The van der Waals surface area contributed by atoms with Gasteiger partial charge in [-0.3, -0.25) is 9.89 Å². The zero-order valence-corrected chi connectivity index (χ0v) is 11.3. The molecule has 1 atom stereocenters. The highest BCUT2D eigenvalue weighted by atomic mass is 35.5. The number of halogens is 1. The number of H-pyrrole nitrogens is 1. The first-order chi connectivity index (χ1) is 8.84. The van der Waals surface area contributed by atoms with Crippen LogP contribution in [-0.4, -0.2) is 35.2 Å². The number of para-hydroxylation sites is 1. The molecular formula is C13H17ClN4O. The maximum atomic E-state index is 12.2. The van der Waals surface area contributed by atoms with Crippen LogP contribution in [0.5, 0.6) is 0 Å². The van der Waals surface area contributed by atoms with Gasteiger partial charge in [0.05, 0.1) is 5.52 Å². The van der Waals surface area contributed by atoms with Crippen LogP contribution < -0.4 is 10.6 Å². The molecule has 1 saturated heterocycles. The normalized spacial score (nSPS) is 18.8. The summed E-state index contributed by atoms with van der Waals surface area (Å²) in [5.41, 5.74) is 1.38. The Morgan fingerprint density at radius 1 is 1.37 bits per heavy atom. The van der Waals surface area contributed by atoms with E-state index < -0.39 is 0 Å². The van der Waals surface area contributed by atoms with Crippen molar-refractivity contribution in [2.45, 2.75) is 18.9 Å². The van der Waals surface area contributed by atoms with E-state index in [2.05, 4.69) is 20.8 Å². The molecule has 3 rings (SSSR count). The van der Waals surface area contributed by atoms with Gasteiger partial charge in [-0.25, -0.2) is 0 Å². The third-order valence-corrected chi connectivity index (χ3v) is 3.32. The molecule has 1 aliphatic rings. The molecule has 1 aromatic carbocycles. The van der Waals surface area contributed by atoms with Gasteiger partial charge in [0.2, 0.25) is 0 Å². The number of amides is 1. The quantitative estimate of drug-likeness (QED) is 0.780. The Morgan fingerprint density at radius 3 is 3.00 bits per heavy atom. The van der Waals surface area contributed by atoms with Crippen molar-refractivity contribution in [1.82, 2.24) is 20.8 Å². The molecule has 1 amide bonds. The molecule has 1 unspecified atom stereocenters. The average Bonchev–Trinajstić information content (AvgIpc) is 2.84. The number of rotatable bonds is 2. The van der Waals surface area contributed by atoms with E-state index in [1.54, 1.807) is 0 Å². The van der Waals surface area contributed by atoms with Crippen LogP contribution in [-0.2, 0) is 0 Å². The lowest BCUT2D eigenvalue weighted by molar-refractivity contribution is 0.0927. The van der Waals surface area contributed by atoms with Crippen molar-refractivity contribution in [3.05, 3.63) is 30.0 Å². The molecule has 19 heavy (non-hydrogen) atoms. The number of piperidine rings is 1. The number of benzene rings is 1. The van der Waals surface area contributed by atoms with Crippen LogP contribution in [0.2, 0.25) is 0 Å². The number of nitrogens with zero attached hydrogens (tertiary/aromatic N) is 1. The highest BCUT2D eigenvalue weighted by Gasteiger charge is 2.19. The Labute approximate surface area is 117 Å². The zero-order chi connectivity index (χ0) is 12.4. The van der Waals surface area contributed by atoms with Crippen LogP contribution in [0.4, 0.5) is 0 Å². The summed E-state index contributed by atoms with van der Waals surface area (Å²) in [6, 6.07) is 7.87. The largest absolute Gasteiger partial charge is 0.347 e. The van der Waals surface area contributed by atoms with E-state index in [4.69, 9.17) is 0 Å². The first kappa shape index (κ1) is 13.8. The zero-order valence-electron chi connectivity index (χ0n) is 10.5. The summed E-state index contributed by atoms with van der Waals surface area (Å²) < 4.78 is 0. The number of aromatic nitrogens is 2. The lowest BCUT2D eigenvalue weighted by Gasteiger charge is -2.23. The van der Waals surface area contributed by atoms with Gasteiger partial charge < -0.3 is 10.6 Å². The lowest BCUT2D eigenvalue weighted by Crippen LogP contribution is -2.45. The SMILES string of the molecule is Cl.O=C(NC1CCCNC1)c1n[nH]c2ccccc12. The maximum Gasteiger partial charge on any atom is 0.272 e. The predicted molar refractivity (Wildman–Crippen MR) is 76.7 cm³/mol. The number of carbonyl (C=O) groups excluding carboxylic acids is 1. The molecule has 102 valence electrons. The van der Waals surface area contributed by atoms with E-state index in [1.165, 1.54) is 0 Å². The second-order valence-electron chi connectivity index (χ2n) is 4.63. The van der Waals surface area contributed by atoms with Crippen molar-refractivity contribution < 1.29 is 4.79 Å². The minimum atomic E-state index is -0.0962. The van der Waals surface area contributed by atoms with Crippen LogP contribution in [0.3, 0.4) is 0 Å². The van der Waals surface area contributed by atoms with Crippen molar-refractivity contribution in [2.24, 2.45) is 0 Å². The topological polar surface area (TPSA) is 69.8 Å². The number of carbonyl (C=O) groups is 1. The van der Waals surface area contributed by atoms with E-state index in [0.29, 0.717) is 5.69 Å². The fraction of sp³-hybridized carbons (Fsp3) is 0.385. The first-order valence-corrected chi connectivity index (χ1v) is 6.29. The number of nitrogens with one attached hydrogen (secondary N) is 3. The molecule has 2 heterocycles. The van der Waals surface area contributed by atoms with Gasteiger partial charge in [-0.05, 0) is 25.5 Å². The van der Waals surface area contributed by atoms with Gasteiger partial charge in [-0.1, -0.05) is 18.2 Å². The minimum Gasteiger partial charge on any atom is -0.347 e. The van der Waals surface area contributed by atoms with Gasteiger partial charge in [0, 0.05) is 18.0 Å². The third-order valence-electron chi connectivity index (χ3n) is 3.32. The summed E-state index contributed by atoms with van der Waals surface area (Å²) in [6.07, 6.45) is 2.13. The summed E-state index contributed by atoms with van der Waals surface area (Å²) in [7, 11) is 0. The monoisotopic (exact) mass is 280 g/mol. The van der Waals surface area contributed by atoms with Crippen molar-refractivity contribution in [1.29, 1.82) is 0 Å². The molecule has 6 heteroatoms. The Bertz CT molecular complexity index is 563. The lowest BCUT2D eigenvalue weighted by atomic mass is 10.1. The van der Waals surface area contributed by atoms with E-state index >= 15 is 0 Å². The highest BCUT2D eigenvalue weighted by Crippen LogP contribution is 2.15. The van der Waals surface area contributed by atoms with Crippen LogP contribution in [0.25, 0.3) is 10.9 Å². The number of hydrogen-bond acceptors (Lipinski definition) is 3. The van der Waals surface area contributed by atoms with Crippen LogP contribution >= 0.6 is 12.4 Å². The minimum absolute atomic E-state index is 0. The van der Waals surface area contributed by atoms with Gasteiger partial charge in [0.25, 0.3) is 5.91 Å². The maximum absolute atomic E-state index is 12.2. The molecule has 0 radical (unpaired) electrons. The molecule has 1 fully saturated rings. The van der Waals surface area contributed by atoms with Gasteiger partial charge in [0.1, 0.15) is 0 Å². The molecular weight excluding hydrogens is 264 g/mol. The first-order valence-electron chi connectivity index (χ1n) is 6.29. The van der Waals surface area contributed by atoms with Crippen molar-refractivity contribution in [3.8, 4) is 0 Å². The van der Waals surface area contributed by atoms with Gasteiger partial charge >= 0.3 is 0 Å². The van der Waals surface area contributed by atoms with Crippen LogP contribution in [0, 0.1) is 0 Å². The fourth-order valence-corrected chi connectivity index (χ4v) is 2.37. The highest BCUT2D eigenvalue weighted by molar-refractivity contribution is 6.04. The molecule has 5 nitrogen and oxygen atoms in total. The second kappa shape index (κ2) is 6.04. The summed E-state index contributed by atoms with van der Waals surface area (Å²) in [4.78, 5) is 12.2. The smallest absolute Gasteiger partial charge is 0.272 e. The van der Waals surface area contributed by atoms with Crippen LogP contribution in [0.1, 0.15) is 23.3 Å². The number of hydrogen-bond donors (Lipinski definition) is 3. The molecule has 1 aromatic heterocycles. The van der Waals surface area contributed by atoms with Crippen LogP contribution in [0.15, 0.2) is 24.3 Å². The van der Waals surface area contributed by atoms with E-state index in [9.17, 15) is 4.79 Å². The molecule has 0 spiro atoms. The Kier molecular flexibility index (Phi) is 4.39. The molecule has 0 saturated carbocycles. The second-order valence-corrected chi connectivity index (χ2v) is 4.63. The molecule has 1 aliphatic heterocycles. The predicted octanol–water partition coefficient (Wildman–Crippen LogP) is 1.47. The fourth-order valence-electron chi connectivity index (χ4n) is 2.37. The summed E-state index contributed by atoms with van der Waals surface area (Å²) >= 11 is 0. The van der Waals surface area contributed by atoms with Crippen molar-refractivity contribution in [2.75, 3.05) is 13.1 Å². The molecule has 0 bridgehead atoms. The van der Waals surface area contributed by atoms with Gasteiger partial charge in [-0.15, -0.1) is 12.4 Å². The van der Waals surface area contributed by atoms with Gasteiger partial charge in [-0.2, -0.15) is 5.10 Å². The number of aromatic amines is 1. The number of fused-ring (bicyclic) bond motifs is 1. The summed E-state index contributed by atoms with van der Waals surface area (Å²) in [5, 5.41) is 14.2. The van der Waals surface area contributed by atoms with Crippen molar-refractivity contribution >= 4 is 29.2 Å². The van der Waals surface area contributed by atoms with E-state index in [1.807, 2.05) is 24.3 Å². The Hall–Kier alpha value is -1.59. The van der Waals surface area contributed by atoms with E-state index in [-0.39, 0.29) is 24.4 Å². The van der Waals surface area contributed by atoms with Crippen molar-refractivity contribution in [3.63, 3.8) is 0 Å². The molecule has 3 N–H and O–H groups in total. The average molecular weight is 281 g/mol. The Morgan fingerprint density at radius 2 is 2.21 bits per heavy atom.